The van der Waals surface area contributed by atoms with E-state index in [1.807, 2.05) is 6.07 Å². The molecule has 1 atom stereocenters. The maximum absolute atomic E-state index is 12.1. The number of anilines is 1. The van der Waals surface area contributed by atoms with Crippen LogP contribution in [0.2, 0.25) is 0 Å². The van der Waals surface area contributed by atoms with Gasteiger partial charge in [-0.1, -0.05) is 30.3 Å². The molecular weight excluding hydrogens is 316 g/mol. The third kappa shape index (κ3) is 5.53. The van der Waals surface area contributed by atoms with Gasteiger partial charge in [0.15, 0.2) is 0 Å². The first kappa shape index (κ1) is 17.4. The molecule has 1 aromatic heterocycles. The van der Waals surface area contributed by atoms with Gasteiger partial charge < -0.3 is 15.4 Å². The fourth-order valence-corrected chi connectivity index (χ4v) is 2.79. The molecule has 0 radical (unpaired) electrons. The van der Waals surface area contributed by atoms with Crippen molar-refractivity contribution in [3.05, 3.63) is 53.9 Å². The Morgan fingerprint density at radius 3 is 2.72 bits per heavy atom. The van der Waals surface area contributed by atoms with E-state index in [9.17, 15) is 4.79 Å². The Bertz CT molecular complexity index is 655. The van der Waals surface area contributed by atoms with Crippen molar-refractivity contribution in [3.63, 3.8) is 0 Å². The molecule has 2 N–H and O–H groups in total. The summed E-state index contributed by atoms with van der Waals surface area (Å²) in [5, 5.41) is 6.05. The number of benzene rings is 1. The van der Waals surface area contributed by atoms with Crippen LogP contribution in [0, 0.1) is 0 Å². The first-order chi connectivity index (χ1) is 12.3. The second-order valence-corrected chi connectivity index (χ2v) is 6.16. The van der Waals surface area contributed by atoms with E-state index in [0.717, 1.165) is 38.8 Å². The molecule has 0 aliphatic carbocycles. The van der Waals surface area contributed by atoms with Crippen molar-refractivity contribution in [1.29, 1.82) is 0 Å². The van der Waals surface area contributed by atoms with E-state index < -0.39 is 0 Å². The zero-order valence-corrected chi connectivity index (χ0v) is 14.3. The Kier molecular flexibility index (Phi) is 6.34. The molecule has 1 aromatic carbocycles. The Hall–Kier alpha value is -2.47. The lowest BCUT2D eigenvalue weighted by molar-refractivity contribution is 0.0857. The van der Waals surface area contributed by atoms with E-state index in [0.29, 0.717) is 18.1 Å². The average molecular weight is 340 g/mol. The van der Waals surface area contributed by atoms with Gasteiger partial charge in [0.2, 0.25) is 5.95 Å². The van der Waals surface area contributed by atoms with Gasteiger partial charge in [-0.15, -0.1) is 0 Å². The van der Waals surface area contributed by atoms with Crippen LogP contribution in [0.4, 0.5) is 5.95 Å². The average Bonchev–Trinajstić information content (AvgIpc) is 3.18. The smallest absolute Gasteiger partial charge is 0.254 e. The van der Waals surface area contributed by atoms with E-state index in [1.54, 1.807) is 12.4 Å². The highest BCUT2D eigenvalue weighted by Crippen LogP contribution is 2.11. The van der Waals surface area contributed by atoms with Crippen LogP contribution in [0.3, 0.4) is 0 Å². The van der Waals surface area contributed by atoms with E-state index >= 15 is 0 Å². The largest absolute Gasteiger partial charge is 0.376 e. The normalized spacial score (nSPS) is 16.6. The number of nitrogens with zero attached hydrogens (tertiary/aromatic N) is 2. The molecule has 3 rings (SSSR count). The molecule has 1 aliphatic rings. The molecular formula is C19H24N4O2. The Labute approximate surface area is 148 Å². The molecule has 25 heavy (non-hydrogen) atoms. The quantitative estimate of drug-likeness (QED) is 0.722. The summed E-state index contributed by atoms with van der Waals surface area (Å²) in [6.07, 6.45) is 7.32. The van der Waals surface area contributed by atoms with Crippen LogP contribution in [0.1, 0.15) is 35.2 Å². The number of carbonyl (C=O) groups is 1. The monoisotopic (exact) mass is 340 g/mol. The highest BCUT2D eigenvalue weighted by atomic mass is 16.5. The van der Waals surface area contributed by atoms with Gasteiger partial charge in [0, 0.05) is 32.1 Å². The molecule has 6 nitrogen and oxygen atoms in total. The minimum absolute atomic E-state index is 0.135. The minimum Gasteiger partial charge on any atom is -0.376 e. The van der Waals surface area contributed by atoms with E-state index in [4.69, 9.17) is 4.74 Å². The zero-order valence-electron chi connectivity index (χ0n) is 14.3. The summed E-state index contributed by atoms with van der Waals surface area (Å²) in [6.45, 7) is 2.12. The number of hydrogen-bond donors (Lipinski definition) is 2. The Morgan fingerprint density at radius 2 is 2.00 bits per heavy atom. The number of rotatable bonds is 8. The SMILES string of the molecule is O=C(NCC1CCCO1)c1cnc(NCCCc2ccccc2)nc1. The highest BCUT2D eigenvalue weighted by Gasteiger charge is 2.16. The lowest BCUT2D eigenvalue weighted by Crippen LogP contribution is -2.31. The molecule has 0 bridgehead atoms. The Morgan fingerprint density at radius 1 is 1.20 bits per heavy atom. The van der Waals surface area contributed by atoms with Crippen molar-refractivity contribution in [1.82, 2.24) is 15.3 Å². The molecule has 1 unspecified atom stereocenters. The summed E-state index contributed by atoms with van der Waals surface area (Å²) >= 11 is 0. The van der Waals surface area contributed by atoms with Crippen molar-refractivity contribution < 1.29 is 9.53 Å². The summed E-state index contributed by atoms with van der Waals surface area (Å²) in [5.74, 6) is 0.384. The fraction of sp³-hybridized carbons (Fsp3) is 0.421. The van der Waals surface area contributed by atoms with Gasteiger partial charge in [-0.2, -0.15) is 0 Å². The van der Waals surface area contributed by atoms with Gasteiger partial charge in [-0.3, -0.25) is 4.79 Å². The van der Waals surface area contributed by atoms with Crippen LogP contribution in [0.15, 0.2) is 42.7 Å². The van der Waals surface area contributed by atoms with Crippen LogP contribution < -0.4 is 10.6 Å². The fourth-order valence-electron chi connectivity index (χ4n) is 2.79. The summed E-state index contributed by atoms with van der Waals surface area (Å²) in [7, 11) is 0. The van der Waals surface area contributed by atoms with Crippen LogP contribution in [-0.2, 0) is 11.2 Å². The third-order valence-corrected chi connectivity index (χ3v) is 4.20. The summed E-state index contributed by atoms with van der Waals surface area (Å²) in [6, 6.07) is 10.4. The maximum Gasteiger partial charge on any atom is 0.254 e. The number of aryl methyl sites for hydroxylation is 1. The first-order valence-corrected chi connectivity index (χ1v) is 8.81. The lowest BCUT2D eigenvalue weighted by atomic mass is 10.1. The third-order valence-electron chi connectivity index (χ3n) is 4.20. The van der Waals surface area contributed by atoms with Gasteiger partial charge in [0.1, 0.15) is 0 Å². The highest BCUT2D eigenvalue weighted by molar-refractivity contribution is 5.93. The van der Waals surface area contributed by atoms with Crippen molar-refractivity contribution in [3.8, 4) is 0 Å². The van der Waals surface area contributed by atoms with Gasteiger partial charge >= 0.3 is 0 Å². The standard InChI is InChI=1S/C19H24N4O2/c24-18(21-14-17-9-5-11-25-17)16-12-22-19(23-13-16)20-10-4-8-15-6-2-1-3-7-15/h1-3,6-7,12-13,17H,4-5,8-11,14H2,(H,21,24)(H,20,22,23). The molecule has 1 saturated heterocycles. The molecule has 1 amide bonds. The van der Waals surface area contributed by atoms with Gasteiger partial charge in [-0.25, -0.2) is 9.97 Å². The van der Waals surface area contributed by atoms with E-state index in [1.165, 1.54) is 5.56 Å². The molecule has 2 aromatic rings. The second kappa shape index (κ2) is 9.13. The van der Waals surface area contributed by atoms with E-state index in [-0.39, 0.29) is 12.0 Å². The molecule has 1 aliphatic heterocycles. The lowest BCUT2D eigenvalue weighted by Gasteiger charge is -2.10. The van der Waals surface area contributed by atoms with Crippen molar-refractivity contribution in [2.24, 2.45) is 0 Å². The molecule has 1 fully saturated rings. The summed E-state index contributed by atoms with van der Waals surface area (Å²) in [4.78, 5) is 20.5. The topological polar surface area (TPSA) is 76.1 Å². The molecule has 6 heteroatoms. The molecule has 2 heterocycles. The van der Waals surface area contributed by atoms with Crippen molar-refractivity contribution in [2.45, 2.75) is 31.8 Å². The minimum atomic E-state index is -0.161. The number of amides is 1. The predicted molar refractivity (Wildman–Crippen MR) is 96.6 cm³/mol. The number of nitrogens with one attached hydrogen (secondary N) is 2. The van der Waals surface area contributed by atoms with Crippen LogP contribution in [0.25, 0.3) is 0 Å². The number of ether oxygens (including phenoxy) is 1. The maximum atomic E-state index is 12.1. The zero-order chi connectivity index (χ0) is 17.3. The number of aromatic nitrogens is 2. The Balaban J connectivity index is 1.38. The van der Waals surface area contributed by atoms with Crippen molar-refractivity contribution in [2.75, 3.05) is 25.0 Å². The summed E-state index contributed by atoms with van der Waals surface area (Å²) in [5.41, 5.74) is 1.79. The molecule has 0 saturated carbocycles. The summed E-state index contributed by atoms with van der Waals surface area (Å²) < 4.78 is 5.49. The van der Waals surface area contributed by atoms with Crippen LogP contribution in [0.5, 0.6) is 0 Å². The van der Waals surface area contributed by atoms with Crippen LogP contribution >= 0.6 is 0 Å². The number of carbonyl (C=O) groups excluding carboxylic acids is 1. The van der Waals surface area contributed by atoms with Gasteiger partial charge in [0.05, 0.1) is 11.7 Å². The van der Waals surface area contributed by atoms with Crippen molar-refractivity contribution >= 4 is 11.9 Å². The number of hydrogen-bond acceptors (Lipinski definition) is 5. The predicted octanol–water partition coefficient (Wildman–Crippen LogP) is 2.43. The van der Waals surface area contributed by atoms with Gasteiger partial charge in [-0.05, 0) is 31.2 Å². The first-order valence-electron chi connectivity index (χ1n) is 8.81. The second-order valence-electron chi connectivity index (χ2n) is 6.16. The molecule has 132 valence electrons. The van der Waals surface area contributed by atoms with Crippen LogP contribution in [-0.4, -0.2) is 41.7 Å². The van der Waals surface area contributed by atoms with E-state index in [2.05, 4.69) is 44.9 Å². The molecule has 0 spiro atoms. The van der Waals surface area contributed by atoms with Gasteiger partial charge in [0.25, 0.3) is 5.91 Å².